The molecule has 0 aliphatic carbocycles. The van der Waals surface area contributed by atoms with Gasteiger partial charge in [-0.2, -0.15) is 18.3 Å². The number of aryl methyl sites for hydroxylation is 1. The highest BCUT2D eigenvalue weighted by molar-refractivity contribution is 6.31. The summed E-state index contributed by atoms with van der Waals surface area (Å²) in [5, 5.41) is 9.97. The lowest BCUT2D eigenvalue weighted by Crippen LogP contribution is -2.36. The second-order valence-electron chi connectivity index (χ2n) is 7.55. The van der Waals surface area contributed by atoms with E-state index >= 15 is 0 Å². The summed E-state index contributed by atoms with van der Waals surface area (Å²) in [6.45, 7) is 1.90. The highest BCUT2D eigenvalue weighted by Gasteiger charge is 2.47. The number of rotatable bonds is 4. The molecular weight excluding hydrogens is 445 g/mol. The van der Waals surface area contributed by atoms with Crippen molar-refractivity contribution in [3.63, 3.8) is 0 Å². The van der Waals surface area contributed by atoms with Gasteiger partial charge in [0.05, 0.1) is 25.0 Å². The minimum absolute atomic E-state index is 0.00245. The van der Waals surface area contributed by atoms with Crippen LogP contribution in [0.5, 0.6) is 5.75 Å². The molecule has 6 nitrogen and oxygen atoms in total. The van der Waals surface area contributed by atoms with Crippen molar-refractivity contribution in [2.24, 2.45) is 0 Å². The molecule has 2 N–H and O–H groups in total. The van der Waals surface area contributed by atoms with E-state index in [0.29, 0.717) is 22.0 Å². The molecule has 0 saturated carbocycles. The largest absolute Gasteiger partial charge is 0.495 e. The van der Waals surface area contributed by atoms with Gasteiger partial charge in [0.1, 0.15) is 17.1 Å². The number of carbonyl (C=O) groups is 1. The number of benzene rings is 2. The maximum Gasteiger partial charge on any atom is 0.410 e. The monoisotopic (exact) mass is 464 g/mol. The Labute approximate surface area is 187 Å². The van der Waals surface area contributed by atoms with Crippen molar-refractivity contribution >= 4 is 29.0 Å². The Morgan fingerprint density at radius 3 is 2.62 bits per heavy atom. The summed E-state index contributed by atoms with van der Waals surface area (Å²) in [6, 6.07) is 9.40. The normalized spacial score (nSPS) is 17.9. The first-order valence-electron chi connectivity index (χ1n) is 9.79. The average molecular weight is 465 g/mol. The van der Waals surface area contributed by atoms with Gasteiger partial charge in [0.15, 0.2) is 6.04 Å². The quantitative estimate of drug-likeness (QED) is 0.514. The van der Waals surface area contributed by atoms with Gasteiger partial charge in [0.25, 0.3) is 5.91 Å². The summed E-state index contributed by atoms with van der Waals surface area (Å²) < 4.78 is 47.6. The lowest BCUT2D eigenvalue weighted by molar-refractivity contribution is -0.173. The number of alkyl halides is 3. The Morgan fingerprint density at radius 1 is 1.25 bits per heavy atom. The van der Waals surface area contributed by atoms with Gasteiger partial charge in [-0.1, -0.05) is 41.4 Å². The van der Waals surface area contributed by atoms with Gasteiger partial charge in [-0.05, 0) is 30.7 Å². The smallest absolute Gasteiger partial charge is 0.410 e. The van der Waals surface area contributed by atoms with Crippen LogP contribution in [0.25, 0.3) is 0 Å². The average Bonchev–Trinajstić information content (AvgIpc) is 3.17. The third-order valence-corrected chi connectivity index (χ3v) is 5.61. The van der Waals surface area contributed by atoms with Crippen LogP contribution < -0.4 is 15.4 Å². The maximum absolute atomic E-state index is 13.9. The summed E-state index contributed by atoms with van der Waals surface area (Å²) in [4.78, 5) is 13.0. The summed E-state index contributed by atoms with van der Waals surface area (Å²) in [6.07, 6.45) is -3.65. The fourth-order valence-electron chi connectivity index (χ4n) is 3.71. The molecule has 2 heterocycles. The summed E-state index contributed by atoms with van der Waals surface area (Å²) in [5.41, 5.74) is 1.97. The molecule has 168 valence electrons. The van der Waals surface area contributed by atoms with Crippen LogP contribution in [0, 0.1) is 6.92 Å². The standard InChI is InChI=1S/C22H20ClF3N4O2/c1-12-3-5-13(6-4-12)16-10-19(22(24,25)26)30-20(28-16)15(11-27-30)21(31)29-17-9-14(23)7-8-18(17)32-2/h3-9,11,16,19,28H,10H2,1-2H3,(H,29,31)/t16-,19+/m1/s1. The van der Waals surface area contributed by atoms with E-state index in [9.17, 15) is 18.0 Å². The number of carbonyl (C=O) groups excluding carboxylic acids is 1. The first-order chi connectivity index (χ1) is 15.2. The van der Waals surface area contributed by atoms with Gasteiger partial charge in [-0.3, -0.25) is 4.79 Å². The van der Waals surface area contributed by atoms with Crippen molar-refractivity contribution < 1.29 is 22.7 Å². The van der Waals surface area contributed by atoms with E-state index in [1.807, 2.05) is 19.1 Å². The van der Waals surface area contributed by atoms with Crippen LogP contribution in [0.3, 0.4) is 0 Å². The number of amides is 1. The van der Waals surface area contributed by atoms with Gasteiger partial charge in [0.2, 0.25) is 0 Å². The number of hydrogen-bond donors (Lipinski definition) is 2. The highest BCUT2D eigenvalue weighted by Crippen LogP contribution is 2.44. The zero-order chi connectivity index (χ0) is 23.0. The number of methoxy groups -OCH3 is 1. The van der Waals surface area contributed by atoms with Crippen molar-refractivity contribution in [1.82, 2.24) is 9.78 Å². The molecule has 2 atom stereocenters. The van der Waals surface area contributed by atoms with E-state index in [-0.39, 0.29) is 17.8 Å². The second-order valence-corrected chi connectivity index (χ2v) is 7.99. The molecule has 0 unspecified atom stereocenters. The number of nitrogens with one attached hydrogen (secondary N) is 2. The Kier molecular flexibility index (Phi) is 5.77. The number of hydrogen-bond acceptors (Lipinski definition) is 4. The van der Waals surface area contributed by atoms with E-state index in [2.05, 4.69) is 15.7 Å². The van der Waals surface area contributed by atoms with Crippen LogP contribution in [0.2, 0.25) is 5.02 Å². The Bertz CT molecular complexity index is 1150. The van der Waals surface area contributed by atoms with Gasteiger partial charge in [-0.25, -0.2) is 4.68 Å². The van der Waals surface area contributed by atoms with Crippen molar-refractivity contribution in [3.8, 4) is 5.75 Å². The highest BCUT2D eigenvalue weighted by atomic mass is 35.5. The third kappa shape index (κ3) is 4.25. The zero-order valence-corrected chi connectivity index (χ0v) is 18.0. The molecule has 1 aliphatic rings. The third-order valence-electron chi connectivity index (χ3n) is 5.37. The van der Waals surface area contributed by atoms with E-state index in [1.54, 1.807) is 24.3 Å². The Morgan fingerprint density at radius 2 is 1.97 bits per heavy atom. The molecule has 1 aliphatic heterocycles. The van der Waals surface area contributed by atoms with Crippen LogP contribution in [0.15, 0.2) is 48.7 Å². The minimum atomic E-state index is -4.53. The summed E-state index contributed by atoms with van der Waals surface area (Å²) in [7, 11) is 1.43. The molecule has 4 rings (SSSR count). The SMILES string of the molecule is COc1ccc(Cl)cc1NC(=O)c1cnn2c1N[C@@H](c1ccc(C)cc1)C[C@H]2C(F)(F)F. The van der Waals surface area contributed by atoms with Crippen molar-refractivity contribution in [2.45, 2.75) is 31.6 Å². The molecular formula is C22H20ClF3N4O2. The molecule has 0 bridgehead atoms. The predicted molar refractivity (Wildman–Crippen MR) is 115 cm³/mol. The second kappa shape index (κ2) is 8.38. The Balaban J connectivity index is 1.70. The summed E-state index contributed by atoms with van der Waals surface area (Å²) in [5.74, 6) is -0.269. The van der Waals surface area contributed by atoms with Crippen molar-refractivity contribution in [3.05, 3.63) is 70.4 Å². The number of anilines is 2. The van der Waals surface area contributed by atoms with Crippen LogP contribution in [0.4, 0.5) is 24.7 Å². The number of ether oxygens (including phenoxy) is 1. The maximum atomic E-state index is 13.9. The predicted octanol–water partition coefficient (Wildman–Crippen LogP) is 5.77. The van der Waals surface area contributed by atoms with Gasteiger partial charge in [0, 0.05) is 11.4 Å². The molecule has 0 radical (unpaired) electrons. The number of halogens is 4. The zero-order valence-electron chi connectivity index (χ0n) is 17.2. The topological polar surface area (TPSA) is 68.2 Å². The molecule has 32 heavy (non-hydrogen) atoms. The van der Waals surface area contributed by atoms with Gasteiger partial charge in [-0.15, -0.1) is 0 Å². The molecule has 1 amide bonds. The van der Waals surface area contributed by atoms with E-state index in [1.165, 1.54) is 13.2 Å². The first kappa shape index (κ1) is 22.0. The van der Waals surface area contributed by atoms with Crippen molar-refractivity contribution in [1.29, 1.82) is 0 Å². The molecule has 10 heteroatoms. The van der Waals surface area contributed by atoms with E-state index < -0.39 is 24.2 Å². The molecule has 0 spiro atoms. The number of fused-ring (bicyclic) bond motifs is 1. The Hall–Kier alpha value is -3.20. The molecule has 0 fully saturated rings. The van der Waals surface area contributed by atoms with E-state index in [0.717, 1.165) is 16.4 Å². The summed E-state index contributed by atoms with van der Waals surface area (Å²) >= 11 is 6.00. The molecule has 0 saturated heterocycles. The fourth-order valence-corrected chi connectivity index (χ4v) is 3.89. The van der Waals surface area contributed by atoms with Crippen LogP contribution in [-0.2, 0) is 0 Å². The molecule has 3 aromatic rings. The fraction of sp³-hybridized carbons (Fsp3) is 0.273. The van der Waals surface area contributed by atoms with Crippen LogP contribution in [0.1, 0.15) is 40.0 Å². The van der Waals surface area contributed by atoms with E-state index in [4.69, 9.17) is 16.3 Å². The van der Waals surface area contributed by atoms with Crippen LogP contribution in [-0.4, -0.2) is 29.0 Å². The first-order valence-corrected chi connectivity index (χ1v) is 10.2. The van der Waals surface area contributed by atoms with Crippen LogP contribution >= 0.6 is 11.6 Å². The van der Waals surface area contributed by atoms with Crippen molar-refractivity contribution in [2.75, 3.05) is 17.7 Å². The van der Waals surface area contributed by atoms with Gasteiger partial charge < -0.3 is 15.4 Å². The number of nitrogens with zero attached hydrogens (tertiary/aromatic N) is 2. The molecule has 2 aromatic carbocycles. The lowest BCUT2D eigenvalue weighted by Gasteiger charge is -2.34. The minimum Gasteiger partial charge on any atom is -0.495 e. The lowest BCUT2D eigenvalue weighted by atomic mass is 9.96. The number of aromatic nitrogens is 2. The molecule has 1 aromatic heterocycles. The van der Waals surface area contributed by atoms with Gasteiger partial charge >= 0.3 is 6.18 Å².